The first kappa shape index (κ1) is 16.4. The summed E-state index contributed by atoms with van der Waals surface area (Å²) >= 11 is 0. The topological polar surface area (TPSA) is 92.5 Å². The molecule has 0 aromatic carbocycles. The molecule has 0 unspecified atom stereocenters. The summed E-state index contributed by atoms with van der Waals surface area (Å²) in [5, 5.41) is 12.0. The number of sulfonamides is 1. The lowest BCUT2D eigenvalue weighted by atomic mass is 10.6. The molecular formula is C9H12F3N3O4S. The summed E-state index contributed by atoms with van der Waals surface area (Å²) in [6, 6.07) is 0. The van der Waals surface area contributed by atoms with Crippen LogP contribution in [0.5, 0.6) is 0 Å². The molecule has 0 aliphatic heterocycles. The number of aliphatic carboxylic acids is 1. The highest BCUT2D eigenvalue weighted by Gasteiger charge is 2.36. The molecule has 114 valence electrons. The van der Waals surface area contributed by atoms with Crippen LogP contribution in [0.15, 0.2) is 17.3 Å². The number of carboxylic acids is 1. The van der Waals surface area contributed by atoms with Crippen molar-refractivity contribution in [1.82, 2.24) is 14.1 Å². The van der Waals surface area contributed by atoms with E-state index in [1.807, 2.05) is 0 Å². The maximum Gasteiger partial charge on any atom is 0.402 e. The van der Waals surface area contributed by atoms with E-state index in [4.69, 9.17) is 5.11 Å². The Balaban J connectivity index is 3.02. The van der Waals surface area contributed by atoms with Crippen LogP contribution in [0.4, 0.5) is 13.2 Å². The van der Waals surface area contributed by atoms with E-state index in [1.165, 1.54) is 6.92 Å². The zero-order valence-corrected chi connectivity index (χ0v) is 11.1. The van der Waals surface area contributed by atoms with E-state index in [9.17, 15) is 26.4 Å². The van der Waals surface area contributed by atoms with Crippen LogP contribution in [0.1, 0.15) is 6.92 Å². The van der Waals surface area contributed by atoms with Crippen molar-refractivity contribution in [3.8, 4) is 0 Å². The molecule has 0 amide bonds. The number of carbonyl (C=O) groups is 1. The fraction of sp³-hybridized carbons (Fsp3) is 0.556. The van der Waals surface area contributed by atoms with E-state index in [-0.39, 0.29) is 10.8 Å². The molecule has 1 N–H and O–H groups in total. The Morgan fingerprint density at radius 2 is 2.10 bits per heavy atom. The Morgan fingerprint density at radius 3 is 2.55 bits per heavy atom. The maximum atomic E-state index is 12.3. The molecule has 0 saturated carbocycles. The summed E-state index contributed by atoms with van der Waals surface area (Å²) in [4.78, 5) is 9.95. The molecule has 20 heavy (non-hydrogen) atoms. The second-order valence-electron chi connectivity index (χ2n) is 3.81. The maximum absolute atomic E-state index is 12.3. The molecule has 7 nitrogen and oxygen atoms in total. The zero-order chi connectivity index (χ0) is 15.6. The average molecular weight is 315 g/mol. The third-order valence-electron chi connectivity index (χ3n) is 2.25. The van der Waals surface area contributed by atoms with Crippen LogP contribution < -0.4 is 0 Å². The number of hydrogen-bond acceptors (Lipinski definition) is 4. The smallest absolute Gasteiger partial charge is 0.402 e. The number of halogens is 3. The summed E-state index contributed by atoms with van der Waals surface area (Å²) in [5.74, 6) is -1.25. The number of carboxylic acid groups (broad SMARTS) is 1. The van der Waals surface area contributed by atoms with Gasteiger partial charge >= 0.3 is 12.1 Å². The van der Waals surface area contributed by atoms with Crippen LogP contribution in [-0.2, 0) is 21.4 Å². The van der Waals surface area contributed by atoms with Crippen LogP contribution in [0.3, 0.4) is 0 Å². The van der Waals surface area contributed by atoms with Crippen LogP contribution in [0.2, 0.25) is 0 Å². The SMILES string of the molecule is CCN(CC(F)(F)F)S(=O)(=O)c1cnn(CC(=O)O)c1. The fourth-order valence-electron chi connectivity index (χ4n) is 1.42. The molecule has 1 aromatic rings. The minimum atomic E-state index is -4.67. The number of hydrogen-bond donors (Lipinski definition) is 1. The van der Waals surface area contributed by atoms with Crippen molar-refractivity contribution in [1.29, 1.82) is 0 Å². The van der Waals surface area contributed by atoms with Gasteiger partial charge in [-0.1, -0.05) is 6.92 Å². The standard InChI is InChI=1S/C9H12F3N3O4S/c1-2-15(6-9(10,11)12)20(18,19)7-3-13-14(4-7)5-8(16)17/h3-4H,2,5-6H2,1H3,(H,16,17). The van der Waals surface area contributed by atoms with E-state index in [0.29, 0.717) is 0 Å². The molecule has 0 aliphatic rings. The molecular weight excluding hydrogens is 303 g/mol. The molecule has 0 fully saturated rings. The van der Waals surface area contributed by atoms with Gasteiger partial charge in [0.2, 0.25) is 10.0 Å². The van der Waals surface area contributed by atoms with E-state index >= 15 is 0 Å². The first-order chi connectivity index (χ1) is 9.06. The lowest BCUT2D eigenvalue weighted by molar-refractivity contribution is -0.138. The van der Waals surface area contributed by atoms with Crippen LogP contribution in [0.25, 0.3) is 0 Å². The molecule has 0 aliphatic carbocycles. The Kier molecular flexibility index (Phi) is 4.76. The highest BCUT2D eigenvalue weighted by molar-refractivity contribution is 7.89. The minimum Gasteiger partial charge on any atom is -0.480 e. The first-order valence-corrected chi connectivity index (χ1v) is 6.81. The van der Waals surface area contributed by atoms with Gasteiger partial charge in [0, 0.05) is 12.7 Å². The van der Waals surface area contributed by atoms with Crippen LogP contribution in [0, 0.1) is 0 Å². The summed E-state index contributed by atoms with van der Waals surface area (Å²) in [6.45, 7) is -1.30. The molecule has 0 saturated heterocycles. The van der Waals surface area contributed by atoms with Gasteiger partial charge in [0.1, 0.15) is 18.0 Å². The van der Waals surface area contributed by atoms with Gasteiger partial charge in [0.15, 0.2) is 0 Å². The second kappa shape index (κ2) is 5.79. The molecule has 1 rings (SSSR count). The zero-order valence-electron chi connectivity index (χ0n) is 10.3. The molecule has 0 bridgehead atoms. The second-order valence-corrected chi connectivity index (χ2v) is 5.75. The molecule has 1 heterocycles. The van der Waals surface area contributed by atoms with Gasteiger partial charge in [0.05, 0.1) is 6.20 Å². The molecule has 0 atom stereocenters. The Morgan fingerprint density at radius 1 is 1.50 bits per heavy atom. The minimum absolute atomic E-state index is 0.245. The fourth-order valence-corrected chi connectivity index (χ4v) is 2.81. The summed E-state index contributed by atoms with van der Waals surface area (Å²) < 4.78 is 61.9. The number of alkyl halides is 3. The third-order valence-corrected chi connectivity index (χ3v) is 4.13. The van der Waals surface area contributed by atoms with Crippen molar-refractivity contribution in [2.24, 2.45) is 0 Å². The predicted molar refractivity (Wildman–Crippen MR) is 60.4 cm³/mol. The van der Waals surface area contributed by atoms with Gasteiger partial charge in [-0.05, 0) is 0 Å². The Labute approximate surface area is 112 Å². The van der Waals surface area contributed by atoms with Crippen molar-refractivity contribution in [3.63, 3.8) is 0 Å². The third kappa shape index (κ3) is 4.20. The van der Waals surface area contributed by atoms with E-state index in [1.54, 1.807) is 0 Å². The first-order valence-electron chi connectivity index (χ1n) is 5.37. The molecule has 11 heteroatoms. The number of rotatable bonds is 6. The van der Waals surface area contributed by atoms with Crippen molar-refractivity contribution in [3.05, 3.63) is 12.4 Å². The van der Waals surface area contributed by atoms with Gasteiger partial charge in [0.25, 0.3) is 0 Å². The largest absolute Gasteiger partial charge is 0.480 e. The number of aromatic nitrogens is 2. The quantitative estimate of drug-likeness (QED) is 0.827. The van der Waals surface area contributed by atoms with Crippen LogP contribution >= 0.6 is 0 Å². The summed E-state index contributed by atoms with van der Waals surface area (Å²) in [6.07, 6.45) is -2.97. The van der Waals surface area contributed by atoms with Gasteiger partial charge in [-0.15, -0.1) is 0 Å². The molecule has 1 aromatic heterocycles. The van der Waals surface area contributed by atoms with Gasteiger partial charge in [-0.25, -0.2) is 8.42 Å². The van der Waals surface area contributed by atoms with Crippen molar-refractivity contribution < 1.29 is 31.5 Å². The van der Waals surface area contributed by atoms with Gasteiger partial charge in [-0.2, -0.15) is 22.6 Å². The Bertz CT molecular complexity index is 582. The Hall–Kier alpha value is -1.62. The highest BCUT2D eigenvalue weighted by atomic mass is 32.2. The van der Waals surface area contributed by atoms with E-state index in [2.05, 4.69) is 5.10 Å². The molecule has 0 radical (unpaired) electrons. The van der Waals surface area contributed by atoms with Gasteiger partial charge < -0.3 is 5.11 Å². The van der Waals surface area contributed by atoms with E-state index < -0.39 is 40.2 Å². The van der Waals surface area contributed by atoms with Crippen molar-refractivity contribution in [2.75, 3.05) is 13.1 Å². The van der Waals surface area contributed by atoms with Crippen molar-refractivity contribution in [2.45, 2.75) is 24.5 Å². The predicted octanol–water partition coefficient (Wildman–Crippen LogP) is 0.541. The highest BCUT2D eigenvalue weighted by Crippen LogP contribution is 2.22. The molecule has 0 spiro atoms. The average Bonchev–Trinajstić information content (AvgIpc) is 2.72. The normalized spacial score (nSPS) is 12.8. The number of nitrogens with zero attached hydrogens (tertiary/aromatic N) is 3. The van der Waals surface area contributed by atoms with Crippen molar-refractivity contribution >= 4 is 16.0 Å². The summed E-state index contributed by atoms with van der Waals surface area (Å²) in [7, 11) is -4.36. The van der Waals surface area contributed by atoms with Crippen LogP contribution in [-0.4, -0.2) is 52.8 Å². The lowest BCUT2D eigenvalue weighted by Crippen LogP contribution is -2.38. The van der Waals surface area contributed by atoms with Gasteiger partial charge in [-0.3, -0.25) is 9.48 Å². The van der Waals surface area contributed by atoms with E-state index in [0.717, 1.165) is 17.1 Å². The monoisotopic (exact) mass is 315 g/mol. The summed E-state index contributed by atoms with van der Waals surface area (Å²) in [5.41, 5.74) is 0. The lowest BCUT2D eigenvalue weighted by Gasteiger charge is -2.20.